The average Bonchev–Trinajstić information content (AvgIpc) is 2.62. The van der Waals surface area contributed by atoms with Crippen molar-refractivity contribution >= 4 is 26.0 Å². The van der Waals surface area contributed by atoms with Crippen molar-refractivity contribution in [2.24, 2.45) is 5.92 Å². The molecule has 1 aliphatic rings. The molecule has 0 bridgehead atoms. The van der Waals surface area contributed by atoms with Crippen LogP contribution in [0.3, 0.4) is 0 Å². The highest BCUT2D eigenvalue weighted by Gasteiger charge is 2.35. The summed E-state index contributed by atoms with van der Waals surface area (Å²) < 4.78 is 31.6. The summed E-state index contributed by atoms with van der Waals surface area (Å²) in [4.78, 5) is 0.608. The zero-order chi connectivity index (χ0) is 13.5. The lowest BCUT2D eigenvalue weighted by atomic mass is 10.0. The minimum atomic E-state index is -3.48. The van der Waals surface area contributed by atoms with Crippen molar-refractivity contribution in [3.05, 3.63) is 11.5 Å². The standard InChI is InChI=1S/C11H17BrN2O3S/c1-7-6-14(5-4-10(7)12)18(15,16)11-8(2)13-17-9(11)3/h7,10H,4-6H2,1-3H3. The number of nitrogens with zero attached hydrogens (tertiary/aromatic N) is 2. The molecule has 7 heteroatoms. The third-order valence-corrected chi connectivity index (χ3v) is 6.80. The van der Waals surface area contributed by atoms with Gasteiger partial charge in [-0.05, 0) is 26.2 Å². The lowest BCUT2D eigenvalue weighted by molar-refractivity contribution is 0.291. The van der Waals surface area contributed by atoms with Crippen LogP contribution in [0.4, 0.5) is 0 Å². The van der Waals surface area contributed by atoms with Crippen LogP contribution in [0.2, 0.25) is 0 Å². The minimum Gasteiger partial charge on any atom is -0.360 e. The van der Waals surface area contributed by atoms with Gasteiger partial charge in [0.05, 0.1) is 0 Å². The van der Waals surface area contributed by atoms with Gasteiger partial charge in [-0.3, -0.25) is 0 Å². The van der Waals surface area contributed by atoms with Crippen molar-refractivity contribution < 1.29 is 12.9 Å². The maximum absolute atomic E-state index is 12.6. The van der Waals surface area contributed by atoms with Gasteiger partial charge in [-0.15, -0.1) is 0 Å². The van der Waals surface area contributed by atoms with Crippen LogP contribution in [0.25, 0.3) is 0 Å². The number of sulfonamides is 1. The fourth-order valence-corrected chi connectivity index (χ4v) is 4.49. The Labute approximate surface area is 116 Å². The van der Waals surface area contributed by atoms with Crippen molar-refractivity contribution in [2.75, 3.05) is 13.1 Å². The molecule has 102 valence electrons. The predicted octanol–water partition coefficient (Wildman–Crippen LogP) is 2.09. The zero-order valence-electron chi connectivity index (χ0n) is 10.7. The molecule has 0 aromatic carbocycles. The predicted molar refractivity (Wildman–Crippen MR) is 71.2 cm³/mol. The minimum absolute atomic E-state index is 0.225. The van der Waals surface area contributed by atoms with E-state index in [0.717, 1.165) is 6.42 Å². The number of aryl methyl sites for hydroxylation is 2. The summed E-state index contributed by atoms with van der Waals surface area (Å²) in [6.07, 6.45) is 0.823. The molecular formula is C11H17BrN2O3S. The van der Waals surface area contributed by atoms with E-state index in [-0.39, 0.29) is 4.90 Å². The van der Waals surface area contributed by atoms with Crippen molar-refractivity contribution in [3.63, 3.8) is 0 Å². The van der Waals surface area contributed by atoms with Crippen molar-refractivity contribution in [2.45, 2.75) is 36.9 Å². The molecule has 1 saturated heterocycles. The highest BCUT2D eigenvalue weighted by Crippen LogP contribution is 2.30. The smallest absolute Gasteiger partial charge is 0.248 e. The van der Waals surface area contributed by atoms with Crippen molar-refractivity contribution in [1.82, 2.24) is 9.46 Å². The highest BCUT2D eigenvalue weighted by molar-refractivity contribution is 9.09. The molecule has 0 N–H and O–H groups in total. The maximum atomic E-state index is 12.6. The van der Waals surface area contributed by atoms with Crippen LogP contribution >= 0.6 is 15.9 Å². The van der Waals surface area contributed by atoms with E-state index in [1.165, 1.54) is 4.31 Å². The Balaban J connectivity index is 2.33. The van der Waals surface area contributed by atoms with E-state index in [9.17, 15) is 8.42 Å². The van der Waals surface area contributed by atoms with Gasteiger partial charge in [0.2, 0.25) is 10.0 Å². The maximum Gasteiger partial charge on any atom is 0.248 e. The fourth-order valence-electron chi connectivity index (χ4n) is 2.27. The van der Waals surface area contributed by atoms with Gasteiger partial charge < -0.3 is 4.52 Å². The van der Waals surface area contributed by atoms with Gasteiger partial charge in [-0.1, -0.05) is 28.0 Å². The summed E-state index contributed by atoms with van der Waals surface area (Å²) in [5.74, 6) is 0.662. The van der Waals surface area contributed by atoms with E-state index in [1.807, 2.05) is 0 Å². The van der Waals surface area contributed by atoms with E-state index in [2.05, 4.69) is 28.0 Å². The Morgan fingerprint density at radius 2 is 2.11 bits per heavy atom. The van der Waals surface area contributed by atoms with Crippen molar-refractivity contribution in [1.29, 1.82) is 0 Å². The summed E-state index contributed by atoms with van der Waals surface area (Å²) in [7, 11) is -3.48. The first-order chi connectivity index (χ1) is 8.34. The molecule has 1 aromatic heterocycles. The molecule has 2 rings (SSSR count). The molecule has 0 amide bonds. The van der Waals surface area contributed by atoms with Crippen molar-refractivity contribution in [3.8, 4) is 0 Å². The van der Waals surface area contributed by atoms with Gasteiger partial charge in [0.25, 0.3) is 0 Å². The molecule has 2 heterocycles. The molecule has 1 aliphatic heterocycles. The number of halogens is 1. The Morgan fingerprint density at radius 1 is 1.44 bits per heavy atom. The normalized spacial score (nSPS) is 26.4. The zero-order valence-corrected chi connectivity index (χ0v) is 13.1. The molecule has 2 unspecified atom stereocenters. The SMILES string of the molecule is Cc1noc(C)c1S(=O)(=O)N1CCC(Br)C(C)C1. The molecule has 1 aromatic rings. The Hall–Kier alpha value is -0.400. The van der Waals surface area contributed by atoms with Gasteiger partial charge in [0, 0.05) is 17.9 Å². The van der Waals surface area contributed by atoms with Crippen LogP contribution in [0.1, 0.15) is 24.8 Å². The first kappa shape index (κ1) is 14.0. The molecule has 18 heavy (non-hydrogen) atoms. The number of aromatic nitrogens is 1. The molecular weight excluding hydrogens is 320 g/mol. The molecule has 5 nitrogen and oxygen atoms in total. The highest BCUT2D eigenvalue weighted by atomic mass is 79.9. The molecule has 2 atom stereocenters. The van der Waals surface area contributed by atoms with E-state index < -0.39 is 10.0 Å². The van der Waals surface area contributed by atoms with Gasteiger partial charge in [-0.25, -0.2) is 8.42 Å². The fraction of sp³-hybridized carbons (Fsp3) is 0.727. The van der Waals surface area contributed by atoms with Crippen LogP contribution < -0.4 is 0 Å². The first-order valence-electron chi connectivity index (χ1n) is 5.91. The second kappa shape index (κ2) is 4.94. The number of piperidine rings is 1. The number of rotatable bonds is 2. The second-order valence-electron chi connectivity index (χ2n) is 4.80. The lowest BCUT2D eigenvalue weighted by Crippen LogP contribution is -2.43. The van der Waals surface area contributed by atoms with Gasteiger partial charge in [0.15, 0.2) is 5.76 Å². The van der Waals surface area contributed by atoms with E-state index in [0.29, 0.717) is 35.3 Å². The summed E-state index contributed by atoms with van der Waals surface area (Å²) in [5.41, 5.74) is 0.432. The largest absolute Gasteiger partial charge is 0.360 e. The average molecular weight is 337 g/mol. The molecule has 0 saturated carbocycles. The number of hydrogen-bond acceptors (Lipinski definition) is 4. The van der Waals surface area contributed by atoms with Crippen LogP contribution in [-0.4, -0.2) is 35.8 Å². The molecule has 1 fully saturated rings. The second-order valence-corrected chi connectivity index (χ2v) is 7.85. The van der Waals surface area contributed by atoms with E-state index >= 15 is 0 Å². The van der Waals surface area contributed by atoms with Crippen LogP contribution in [0.5, 0.6) is 0 Å². The van der Waals surface area contributed by atoms with Gasteiger partial charge in [0.1, 0.15) is 10.6 Å². The monoisotopic (exact) mass is 336 g/mol. The molecule has 0 aliphatic carbocycles. The topological polar surface area (TPSA) is 63.4 Å². The molecule has 0 spiro atoms. The summed E-state index contributed by atoms with van der Waals surface area (Å²) in [6, 6.07) is 0. The number of hydrogen-bond donors (Lipinski definition) is 0. The Kier molecular flexibility index (Phi) is 3.85. The Bertz CT molecular complexity index is 521. The quantitative estimate of drug-likeness (QED) is 0.775. The first-order valence-corrected chi connectivity index (χ1v) is 8.26. The van der Waals surface area contributed by atoms with E-state index in [4.69, 9.17) is 4.52 Å². The lowest BCUT2D eigenvalue weighted by Gasteiger charge is -2.33. The van der Waals surface area contributed by atoms with Gasteiger partial charge in [-0.2, -0.15) is 4.31 Å². The summed E-state index contributed by atoms with van der Waals surface area (Å²) in [5, 5.41) is 3.72. The third-order valence-electron chi connectivity index (χ3n) is 3.33. The third kappa shape index (κ3) is 2.35. The Morgan fingerprint density at radius 3 is 2.61 bits per heavy atom. The summed E-state index contributed by atoms with van der Waals surface area (Å²) >= 11 is 3.57. The molecule has 0 radical (unpaired) electrons. The number of alkyl halides is 1. The van der Waals surface area contributed by atoms with Gasteiger partial charge >= 0.3 is 0 Å². The van der Waals surface area contributed by atoms with Crippen LogP contribution in [0, 0.1) is 19.8 Å². The van der Waals surface area contributed by atoms with E-state index in [1.54, 1.807) is 13.8 Å². The summed E-state index contributed by atoms with van der Waals surface area (Å²) in [6.45, 7) is 6.40. The van der Waals surface area contributed by atoms with Crippen LogP contribution in [0.15, 0.2) is 9.42 Å². The van der Waals surface area contributed by atoms with Crippen LogP contribution in [-0.2, 0) is 10.0 Å².